The van der Waals surface area contributed by atoms with E-state index in [0.717, 1.165) is 34.6 Å². The second-order valence-corrected chi connectivity index (χ2v) is 11.4. The van der Waals surface area contributed by atoms with Crippen molar-refractivity contribution >= 4 is 11.9 Å². The first kappa shape index (κ1) is 32.0. The predicted molar refractivity (Wildman–Crippen MR) is 155 cm³/mol. The average Bonchev–Trinajstić information content (AvgIpc) is 2.86. The fourth-order valence-electron chi connectivity index (χ4n) is 3.99. The zero-order chi connectivity index (χ0) is 28.9. The van der Waals surface area contributed by atoms with Gasteiger partial charge in [-0.1, -0.05) is 47.6 Å². The Labute approximate surface area is 234 Å². The molecule has 0 radical (unpaired) electrons. The summed E-state index contributed by atoms with van der Waals surface area (Å²) in [5.41, 5.74) is 2.74. The van der Waals surface area contributed by atoms with E-state index in [1.165, 1.54) is 6.92 Å². The van der Waals surface area contributed by atoms with Gasteiger partial charge in [0.25, 0.3) is 0 Å². The number of carboxylic acids is 1. The summed E-state index contributed by atoms with van der Waals surface area (Å²) in [4.78, 5) is 23.4. The van der Waals surface area contributed by atoms with Crippen molar-refractivity contribution in [3.05, 3.63) is 53.1 Å². The number of carbonyl (C=O) groups is 2. The van der Waals surface area contributed by atoms with Gasteiger partial charge in [0.2, 0.25) is 5.91 Å². The van der Waals surface area contributed by atoms with Gasteiger partial charge in [0.15, 0.2) is 0 Å². The van der Waals surface area contributed by atoms with Crippen molar-refractivity contribution in [1.82, 2.24) is 5.32 Å². The van der Waals surface area contributed by atoms with Crippen LogP contribution in [0.5, 0.6) is 17.2 Å². The van der Waals surface area contributed by atoms with E-state index in [-0.39, 0.29) is 12.3 Å². The number of carbonyl (C=O) groups excluding carboxylic acids is 1. The van der Waals surface area contributed by atoms with Gasteiger partial charge in [0.1, 0.15) is 17.2 Å². The van der Waals surface area contributed by atoms with Crippen LogP contribution in [0, 0.1) is 17.8 Å². The molecule has 1 atom stereocenters. The van der Waals surface area contributed by atoms with E-state index in [9.17, 15) is 9.59 Å². The molecule has 2 rings (SSSR count). The highest BCUT2D eigenvalue weighted by atomic mass is 16.5. The number of benzene rings is 2. The summed E-state index contributed by atoms with van der Waals surface area (Å²) in [6.07, 6.45) is 2.13. The highest BCUT2D eigenvalue weighted by Crippen LogP contribution is 2.36. The standard InChI is InChI=1S/C32H47NO6/c1-21(2)18-37-27-13-14-28(30(17-27)39-20-23(5)6)32(33-24(7)34)26-12-15-29(38-19-22(3)4)25(16-26)10-8-9-11-31(35)36/h12-17,21-23,32H,8-11,18-20H2,1-7H3,(H,33,34)(H,35,36). The van der Waals surface area contributed by atoms with Crippen LogP contribution in [0.1, 0.15) is 90.5 Å². The van der Waals surface area contributed by atoms with Crippen molar-refractivity contribution < 1.29 is 28.9 Å². The molecule has 0 aliphatic heterocycles. The van der Waals surface area contributed by atoms with Crippen molar-refractivity contribution in [2.75, 3.05) is 19.8 Å². The van der Waals surface area contributed by atoms with Crippen molar-refractivity contribution in [3.63, 3.8) is 0 Å². The normalized spacial score (nSPS) is 12.1. The molecule has 0 heterocycles. The lowest BCUT2D eigenvalue weighted by Gasteiger charge is -2.24. The third kappa shape index (κ3) is 11.6. The van der Waals surface area contributed by atoms with Gasteiger partial charge in [-0.3, -0.25) is 9.59 Å². The number of hydrogen-bond acceptors (Lipinski definition) is 5. The topological polar surface area (TPSA) is 94.1 Å². The molecule has 2 N–H and O–H groups in total. The van der Waals surface area contributed by atoms with Crippen LogP contribution in [0.3, 0.4) is 0 Å². The van der Waals surface area contributed by atoms with Crippen LogP contribution in [0.25, 0.3) is 0 Å². The molecule has 1 unspecified atom stereocenters. The molecule has 0 fully saturated rings. The second kappa shape index (κ2) is 16.0. The van der Waals surface area contributed by atoms with E-state index in [4.69, 9.17) is 19.3 Å². The van der Waals surface area contributed by atoms with E-state index >= 15 is 0 Å². The van der Waals surface area contributed by atoms with Crippen LogP contribution in [-0.2, 0) is 16.0 Å². The molecule has 0 bridgehead atoms. The largest absolute Gasteiger partial charge is 0.493 e. The maximum atomic E-state index is 12.4. The van der Waals surface area contributed by atoms with Gasteiger partial charge >= 0.3 is 5.97 Å². The Morgan fingerprint density at radius 1 is 0.795 bits per heavy atom. The highest BCUT2D eigenvalue weighted by Gasteiger charge is 2.22. The highest BCUT2D eigenvalue weighted by molar-refractivity contribution is 5.74. The van der Waals surface area contributed by atoms with Gasteiger partial charge in [0, 0.05) is 25.0 Å². The molecule has 2 aromatic carbocycles. The van der Waals surface area contributed by atoms with Crippen LogP contribution in [-0.4, -0.2) is 36.8 Å². The average molecular weight is 542 g/mol. The molecular formula is C32H47NO6. The first-order valence-electron chi connectivity index (χ1n) is 14.1. The van der Waals surface area contributed by atoms with E-state index < -0.39 is 12.0 Å². The summed E-state index contributed by atoms with van der Waals surface area (Å²) in [6, 6.07) is 11.3. The Morgan fingerprint density at radius 3 is 2.00 bits per heavy atom. The van der Waals surface area contributed by atoms with E-state index in [0.29, 0.717) is 56.2 Å². The zero-order valence-electron chi connectivity index (χ0n) is 24.7. The van der Waals surface area contributed by atoms with E-state index in [2.05, 4.69) is 52.9 Å². The smallest absolute Gasteiger partial charge is 0.303 e. The Morgan fingerprint density at radius 2 is 1.41 bits per heavy atom. The van der Waals surface area contributed by atoms with Crippen LogP contribution in [0.2, 0.25) is 0 Å². The van der Waals surface area contributed by atoms with Crippen LogP contribution in [0.15, 0.2) is 36.4 Å². The third-order valence-corrected chi connectivity index (χ3v) is 5.88. The fourth-order valence-corrected chi connectivity index (χ4v) is 3.99. The number of rotatable bonds is 17. The molecule has 0 aliphatic rings. The maximum Gasteiger partial charge on any atom is 0.303 e. The first-order chi connectivity index (χ1) is 18.5. The first-order valence-corrected chi connectivity index (χ1v) is 14.1. The minimum atomic E-state index is -0.791. The molecule has 39 heavy (non-hydrogen) atoms. The van der Waals surface area contributed by atoms with Crippen molar-refractivity contribution in [3.8, 4) is 17.2 Å². The van der Waals surface area contributed by atoms with Gasteiger partial charge in [0.05, 0.1) is 25.9 Å². The summed E-state index contributed by atoms with van der Waals surface area (Å²) in [7, 11) is 0. The molecule has 0 aliphatic carbocycles. The molecule has 0 aromatic heterocycles. The minimum absolute atomic E-state index is 0.137. The number of hydrogen-bond donors (Lipinski definition) is 2. The second-order valence-electron chi connectivity index (χ2n) is 11.4. The molecule has 0 spiro atoms. The molecule has 0 saturated carbocycles. The Balaban J connectivity index is 2.50. The van der Waals surface area contributed by atoms with Crippen LogP contribution < -0.4 is 19.5 Å². The quantitative estimate of drug-likeness (QED) is 0.214. The van der Waals surface area contributed by atoms with Gasteiger partial charge in [-0.05, 0) is 72.4 Å². The van der Waals surface area contributed by atoms with Crippen LogP contribution in [0.4, 0.5) is 0 Å². The van der Waals surface area contributed by atoms with E-state index in [1.807, 2.05) is 30.3 Å². The number of aliphatic carboxylic acids is 1. The maximum absolute atomic E-state index is 12.4. The number of amides is 1. The summed E-state index contributed by atoms with van der Waals surface area (Å²) in [5, 5.41) is 12.1. The van der Waals surface area contributed by atoms with Crippen molar-refractivity contribution in [1.29, 1.82) is 0 Å². The molecule has 1 amide bonds. The molecule has 0 saturated heterocycles. The number of unbranched alkanes of at least 4 members (excludes halogenated alkanes) is 1. The summed E-state index contributed by atoms with van der Waals surface area (Å²) in [6.45, 7) is 15.8. The predicted octanol–water partition coefficient (Wildman–Crippen LogP) is 6.81. The van der Waals surface area contributed by atoms with Gasteiger partial charge in [-0.25, -0.2) is 0 Å². The minimum Gasteiger partial charge on any atom is -0.493 e. The molecule has 216 valence electrons. The monoisotopic (exact) mass is 541 g/mol. The van der Waals surface area contributed by atoms with Gasteiger partial charge in [-0.2, -0.15) is 0 Å². The Bertz CT molecular complexity index is 1060. The lowest BCUT2D eigenvalue weighted by Crippen LogP contribution is -2.27. The van der Waals surface area contributed by atoms with Gasteiger partial charge < -0.3 is 24.6 Å². The number of carboxylic acid groups (broad SMARTS) is 1. The lowest BCUT2D eigenvalue weighted by molar-refractivity contribution is -0.137. The van der Waals surface area contributed by atoms with Gasteiger partial charge in [-0.15, -0.1) is 0 Å². The molecular weight excluding hydrogens is 494 g/mol. The molecule has 2 aromatic rings. The Hall–Kier alpha value is -3.22. The van der Waals surface area contributed by atoms with Crippen molar-refractivity contribution in [2.45, 2.75) is 80.2 Å². The summed E-state index contributed by atoms with van der Waals surface area (Å²) in [5.74, 6) is 2.33. The number of ether oxygens (including phenoxy) is 3. The van der Waals surface area contributed by atoms with Crippen LogP contribution >= 0.6 is 0 Å². The fraction of sp³-hybridized carbons (Fsp3) is 0.562. The molecule has 7 nitrogen and oxygen atoms in total. The summed E-state index contributed by atoms with van der Waals surface area (Å²) < 4.78 is 18.3. The third-order valence-electron chi connectivity index (χ3n) is 5.88. The SMILES string of the molecule is CC(=O)NC(c1ccc(OCC(C)C)c(CCCCC(=O)O)c1)c1ccc(OCC(C)C)cc1OCC(C)C. The number of nitrogens with one attached hydrogen (secondary N) is 1. The van der Waals surface area contributed by atoms with Crippen molar-refractivity contribution in [2.24, 2.45) is 17.8 Å². The molecule has 7 heteroatoms. The zero-order valence-corrected chi connectivity index (χ0v) is 24.7. The number of aryl methyl sites for hydroxylation is 1. The van der Waals surface area contributed by atoms with E-state index in [1.54, 1.807) is 0 Å². The Kier molecular flexibility index (Phi) is 13.1. The lowest BCUT2D eigenvalue weighted by atomic mass is 9.94. The summed E-state index contributed by atoms with van der Waals surface area (Å²) >= 11 is 0.